The van der Waals surface area contributed by atoms with E-state index in [0.29, 0.717) is 6.01 Å². The standard InChI is InChI=1S/C3H2BIN2O/c4-7-2-1-6-3(7)8-5/h1-2H. The summed E-state index contributed by atoms with van der Waals surface area (Å²) in [7, 11) is 5.28. The molecule has 5 heteroatoms. The number of aromatic nitrogens is 2. The zero-order valence-corrected chi connectivity index (χ0v) is 6.07. The van der Waals surface area contributed by atoms with Gasteiger partial charge in [0.25, 0.3) is 6.01 Å². The molecule has 0 saturated carbocycles. The fourth-order valence-electron chi connectivity index (χ4n) is 0.359. The van der Waals surface area contributed by atoms with Gasteiger partial charge in [-0.15, -0.1) is 0 Å². The van der Waals surface area contributed by atoms with Crippen molar-refractivity contribution >= 4 is 31.0 Å². The van der Waals surface area contributed by atoms with Crippen LogP contribution in [0.5, 0.6) is 6.01 Å². The van der Waals surface area contributed by atoms with Crippen molar-refractivity contribution in [2.75, 3.05) is 0 Å². The summed E-state index contributed by atoms with van der Waals surface area (Å²) in [5.41, 5.74) is 0. The molecule has 3 nitrogen and oxygen atoms in total. The Bertz CT molecular complexity index is 178. The molecule has 2 radical (unpaired) electrons. The molecule has 8 heavy (non-hydrogen) atoms. The summed E-state index contributed by atoms with van der Waals surface area (Å²) in [5.74, 6) is 0. The van der Waals surface area contributed by atoms with Gasteiger partial charge in [-0.2, -0.15) is 0 Å². The van der Waals surface area contributed by atoms with E-state index < -0.39 is 0 Å². The zero-order valence-electron chi connectivity index (χ0n) is 3.91. The molecule has 0 bridgehead atoms. The van der Waals surface area contributed by atoms with Crippen LogP contribution in [0.25, 0.3) is 0 Å². The third kappa shape index (κ3) is 0.962. The minimum Gasteiger partial charge on any atom is -0.394 e. The number of imidazole rings is 1. The van der Waals surface area contributed by atoms with Gasteiger partial charge in [0.1, 0.15) is 0 Å². The molecule has 0 aliphatic carbocycles. The fraction of sp³-hybridized carbons (Fsp3) is 0. The second-order valence-electron chi connectivity index (χ2n) is 1.19. The first-order valence-electron chi connectivity index (χ1n) is 1.91. The molecule has 1 aromatic heterocycles. The second-order valence-corrected chi connectivity index (χ2v) is 1.63. The van der Waals surface area contributed by atoms with E-state index in [1.807, 2.05) is 0 Å². The van der Waals surface area contributed by atoms with Crippen molar-refractivity contribution in [3.8, 4) is 6.01 Å². The molecule has 0 saturated heterocycles. The summed E-state index contributed by atoms with van der Waals surface area (Å²) >= 11 is 1.71. The fourth-order valence-corrected chi connectivity index (χ4v) is 0.700. The van der Waals surface area contributed by atoms with Gasteiger partial charge in [0.2, 0.25) is 7.98 Å². The smallest absolute Gasteiger partial charge is 0.292 e. The molecule has 0 spiro atoms. The van der Waals surface area contributed by atoms with Gasteiger partial charge in [0, 0.05) is 12.4 Å². The van der Waals surface area contributed by atoms with Gasteiger partial charge in [-0.25, -0.2) is 4.98 Å². The Morgan fingerprint density at radius 2 is 2.62 bits per heavy atom. The molecule has 0 aliphatic rings. The molecule has 0 atom stereocenters. The van der Waals surface area contributed by atoms with Gasteiger partial charge in [-0.3, -0.25) is 0 Å². The van der Waals surface area contributed by atoms with Crippen molar-refractivity contribution in [2.45, 2.75) is 0 Å². The van der Waals surface area contributed by atoms with E-state index in [2.05, 4.69) is 8.05 Å². The molecule has 1 aromatic rings. The van der Waals surface area contributed by atoms with Crippen molar-refractivity contribution < 1.29 is 3.07 Å². The van der Waals surface area contributed by atoms with Gasteiger partial charge >= 0.3 is 0 Å². The van der Waals surface area contributed by atoms with Crippen molar-refractivity contribution in [1.82, 2.24) is 9.46 Å². The van der Waals surface area contributed by atoms with Crippen LogP contribution in [0.2, 0.25) is 0 Å². The first-order chi connectivity index (χ1) is 3.84. The molecule has 0 aliphatic heterocycles. The summed E-state index contributed by atoms with van der Waals surface area (Å²) in [6.07, 6.45) is 3.17. The third-order valence-electron chi connectivity index (χ3n) is 0.702. The average molecular weight is 220 g/mol. The Balaban J connectivity index is 2.92. The molecule has 1 rings (SSSR count). The molecule has 1 heterocycles. The number of hydrogen-bond donors (Lipinski definition) is 0. The molecule has 0 amide bonds. The summed E-state index contributed by atoms with van der Waals surface area (Å²) in [6.45, 7) is 0. The summed E-state index contributed by atoms with van der Waals surface area (Å²) < 4.78 is 5.98. The molecule has 0 aromatic carbocycles. The van der Waals surface area contributed by atoms with Gasteiger partial charge in [0.15, 0.2) is 23.0 Å². The van der Waals surface area contributed by atoms with E-state index >= 15 is 0 Å². The molecule has 0 N–H and O–H groups in total. The van der Waals surface area contributed by atoms with Crippen LogP contribution in [0.4, 0.5) is 0 Å². The number of nitrogens with zero attached hydrogens (tertiary/aromatic N) is 2. The first-order valence-corrected chi connectivity index (χ1v) is 2.79. The van der Waals surface area contributed by atoms with E-state index in [1.54, 1.807) is 35.4 Å². The monoisotopic (exact) mass is 220 g/mol. The van der Waals surface area contributed by atoms with E-state index in [1.165, 1.54) is 4.48 Å². The summed E-state index contributed by atoms with van der Waals surface area (Å²) in [4.78, 5) is 3.74. The van der Waals surface area contributed by atoms with Crippen LogP contribution >= 0.6 is 23.0 Å². The maximum Gasteiger partial charge on any atom is 0.292 e. The van der Waals surface area contributed by atoms with Gasteiger partial charge < -0.3 is 7.54 Å². The highest BCUT2D eigenvalue weighted by atomic mass is 127. The molecule has 0 unspecified atom stereocenters. The number of hydrogen-bond acceptors (Lipinski definition) is 2. The highest BCUT2D eigenvalue weighted by Crippen LogP contribution is 2.05. The topological polar surface area (TPSA) is 27.1 Å². The maximum absolute atomic E-state index is 5.28. The van der Waals surface area contributed by atoms with Crippen LogP contribution in [-0.2, 0) is 0 Å². The minimum absolute atomic E-state index is 0.408. The van der Waals surface area contributed by atoms with E-state index in [-0.39, 0.29) is 0 Å². The normalized spacial score (nSPS) is 9.12. The summed E-state index contributed by atoms with van der Waals surface area (Å²) in [6, 6.07) is 0.408. The largest absolute Gasteiger partial charge is 0.394 e. The van der Waals surface area contributed by atoms with Crippen molar-refractivity contribution in [3.05, 3.63) is 12.4 Å². The maximum atomic E-state index is 5.28. The van der Waals surface area contributed by atoms with Crippen LogP contribution in [0, 0.1) is 0 Å². The number of halogens is 1. The Morgan fingerprint density at radius 3 is 2.88 bits per heavy atom. The van der Waals surface area contributed by atoms with Gasteiger partial charge in [-0.05, 0) is 0 Å². The quantitative estimate of drug-likeness (QED) is 0.510. The van der Waals surface area contributed by atoms with Crippen LogP contribution in [-0.4, -0.2) is 17.4 Å². The van der Waals surface area contributed by atoms with E-state index in [0.717, 1.165) is 0 Å². The molecule has 0 fully saturated rings. The Morgan fingerprint density at radius 1 is 1.88 bits per heavy atom. The Kier molecular flexibility index (Phi) is 1.77. The molecular weight excluding hydrogens is 218 g/mol. The Labute approximate surface area is 62.2 Å². The predicted molar refractivity (Wildman–Crippen MR) is 38.0 cm³/mol. The lowest BCUT2D eigenvalue weighted by Crippen LogP contribution is -1.90. The van der Waals surface area contributed by atoms with Crippen LogP contribution in [0.3, 0.4) is 0 Å². The lowest BCUT2D eigenvalue weighted by atomic mass is 10.4. The van der Waals surface area contributed by atoms with Crippen molar-refractivity contribution in [2.24, 2.45) is 0 Å². The lowest BCUT2D eigenvalue weighted by Gasteiger charge is -1.92. The lowest BCUT2D eigenvalue weighted by molar-refractivity contribution is 0.644. The summed E-state index contributed by atoms with van der Waals surface area (Å²) in [5, 5.41) is 0. The Hall–Kier alpha value is -0.195. The molecular formula is C3H2BIN2O. The van der Waals surface area contributed by atoms with Crippen LogP contribution < -0.4 is 3.07 Å². The van der Waals surface area contributed by atoms with Crippen LogP contribution in [0.15, 0.2) is 12.4 Å². The highest BCUT2D eigenvalue weighted by molar-refractivity contribution is 14.1. The second kappa shape index (κ2) is 2.39. The van der Waals surface area contributed by atoms with Gasteiger partial charge in [-0.1, -0.05) is 0 Å². The zero-order chi connectivity index (χ0) is 5.98. The third-order valence-corrected chi connectivity index (χ3v) is 1.10. The number of rotatable bonds is 1. The van der Waals surface area contributed by atoms with Crippen molar-refractivity contribution in [3.63, 3.8) is 0 Å². The SMILES string of the molecule is [B]n1ccnc1OI. The molecule has 40 valence electrons. The highest BCUT2D eigenvalue weighted by Gasteiger charge is 1.93. The van der Waals surface area contributed by atoms with Crippen LogP contribution in [0.1, 0.15) is 0 Å². The minimum atomic E-state index is 0.408. The van der Waals surface area contributed by atoms with Gasteiger partial charge in [0.05, 0.1) is 0 Å². The average Bonchev–Trinajstić information content (AvgIpc) is 2.14. The first kappa shape index (κ1) is 5.93. The van der Waals surface area contributed by atoms with E-state index in [4.69, 9.17) is 7.98 Å². The predicted octanol–water partition coefficient (Wildman–Crippen LogP) is 0.543. The van der Waals surface area contributed by atoms with Crippen molar-refractivity contribution in [1.29, 1.82) is 0 Å². The van der Waals surface area contributed by atoms with E-state index in [9.17, 15) is 0 Å².